The van der Waals surface area contributed by atoms with E-state index in [1.807, 2.05) is 17.8 Å². The molecule has 2 fully saturated rings. The van der Waals surface area contributed by atoms with Gasteiger partial charge in [-0.15, -0.1) is 0 Å². The van der Waals surface area contributed by atoms with Crippen LogP contribution < -0.4 is 0 Å². The van der Waals surface area contributed by atoms with Crippen LogP contribution in [0.15, 0.2) is 12.4 Å². The van der Waals surface area contributed by atoms with Gasteiger partial charge < -0.3 is 9.84 Å². The molecule has 3 rings (SSSR count). The average Bonchev–Trinajstić information content (AvgIpc) is 3.05. The van der Waals surface area contributed by atoms with Crippen molar-refractivity contribution < 1.29 is 9.84 Å². The van der Waals surface area contributed by atoms with Crippen molar-refractivity contribution >= 4 is 0 Å². The first-order valence-corrected chi connectivity index (χ1v) is 6.84. The van der Waals surface area contributed by atoms with Gasteiger partial charge in [0.15, 0.2) is 0 Å². The Labute approximate surface area is 107 Å². The Morgan fingerprint density at radius 2 is 2.50 bits per heavy atom. The SMILES string of the molecule is CCn1cc(C(O)C2CN3CCCC3CO2)cn1. The largest absolute Gasteiger partial charge is 0.386 e. The molecule has 0 saturated carbocycles. The second kappa shape index (κ2) is 4.99. The summed E-state index contributed by atoms with van der Waals surface area (Å²) in [5.74, 6) is 0. The van der Waals surface area contributed by atoms with Gasteiger partial charge >= 0.3 is 0 Å². The van der Waals surface area contributed by atoms with Crippen LogP contribution in [-0.4, -0.2) is 51.6 Å². The topological polar surface area (TPSA) is 50.5 Å². The van der Waals surface area contributed by atoms with E-state index in [0.29, 0.717) is 6.04 Å². The standard InChI is InChI=1S/C13H21N3O2/c1-2-16-7-10(6-14-16)13(17)12-8-15-5-3-4-11(15)9-18-12/h6-7,11-13,17H,2-5,8-9H2,1H3. The summed E-state index contributed by atoms with van der Waals surface area (Å²) in [5, 5.41) is 14.6. The average molecular weight is 251 g/mol. The molecule has 0 aliphatic carbocycles. The molecule has 3 atom stereocenters. The highest BCUT2D eigenvalue weighted by Gasteiger charge is 2.35. The molecule has 1 aromatic heterocycles. The zero-order valence-corrected chi connectivity index (χ0v) is 10.8. The summed E-state index contributed by atoms with van der Waals surface area (Å²) >= 11 is 0. The number of aliphatic hydroxyl groups is 1. The molecule has 18 heavy (non-hydrogen) atoms. The first kappa shape index (κ1) is 12.1. The van der Waals surface area contributed by atoms with Gasteiger partial charge in [0.2, 0.25) is 0 Å². The third-order valence-corrected chi connectivity index (χ3v) is 4.09. The summed E-state index contributed by atoms with van der Waals surface area (Å²) < 4.78 is 7.66. The van der Waals surface area contributed by atoms with Crippen LogP contribution in [0.4, 0.5) is 0 Å². The van der Waals surface area contributed by atoms with Crippen LogP contribution in [0.2, 0.25) is 0 Å². The number of hydrogen-bond donors (Lipinski definition) is 1. The van der Waals surface area contributed by atoms with E-state index in [0.717, 1.165) is 31.8 Å². The molecule has 1 aromatic rings. The summed E-state index contributed by atoms with van der Waals surface area (Å²) in [6, 6.07) is 0.576. The number of morpholine rings is 1. The summed E-state index contributed by atoms with van der Waals surface area (Å²) in [7, 11) is 0. The van der Waals surface area contributed by atoms with Crippen molar-refractivity contribution in [3.05, 3.63) is 18.0 Å². The Kier molecular flexibility index (Phi) is 3.37. The fourth-order valence-corrected chi connectivity index (χ4v) is 2.95. The molecule has 5 heteroatoms. The molecule has 0 bridgehead atoms. The van der Waals surface area contributed by atoms with Gasteiger partial charge in [0.25, 0.3) is 0 Å². The first-order chi connectivity index (χ1) is 8.78. The minimum Gasteiger partial charge on any atom is -0.386 e. The van der Waals surface area contributed by atoms with Crippen molar-refractivity contribution in [1.82, 2.24) is 14.7 Å². The third-order valence-electron chi connectivity index (χ3n) is 4.09. The van der Waals surface area contributed by atoms with Crippen LogP contribution in [0.5, 0.6) is 0 Å². The minimum absolute atomic E-state index is 0.117. The highest BCUT2D eigenvalue weighted by atomic mass is 16.5. The van der Waals surface area contributed by atoms with E-state index in [1.54, 1.807) is 6.20 Å². The summed E-state index contributed by atoms with van der Waals surface area (Å²) in [6.45, 7) is 5.60. The molecule has 3 unspecified atom stereocenters. The van der Waals surface area contributed by atoms with Crippen LogP contribution >= 0.6 is 0 Å². The molecule has 2 aliphatic rings. The second-order valence-corrected chi connectivity index (χ2v) is 5.24. The smallest absolute Gasteiger partial charge is 0.109 e. The van der Waals surface area contributed by atoms with Crippen LogP contribution in [0, 0.1) is 0 Å². The molecule has 2 saturated heterocycles. The second-order valence-electron chi connectivity index (χ2n) is 5.24. The van der Waals surface area contributed by atoms with E-state index in [9.17, 15) is 5.11 Å². The Morgan fingerprint density at radius 3 is 3.28 bits per heavy atom. The molecule has 1 N–H and O–H groups in total. The zero-order valence-electron chi connectivity index (χ0n) is 10.8. The fraction of sp³-hybridized carbons (Fsp3) is 0.769. The van der Waals surface area contributed by atoms with Crippen molar-refractivity contribution in [2.24, 2.45) is 0 Å². The van der Waals surface area contributed by atoms with E-state index in [2.05, 4.69) is 10.00 Å². The van der Waals surface area contributed by atoms with Gasteiger partial charge in [-0.25, -0.2) is 0 Å². The number of nitrogens with zero attached hydrogens (tertiary/aromatic N) is 3. The molecule has 3 heterocycles. The maximum Gasteiger partial charge on any atom is 0.109 e. The lowest BCUT2D eigenvalue weighted by molar-refractivity contribution is -0.103. The highest BCUT2D eigenvalue weighted by Crippen LogP contribution is 2.28. The number of aryl methyl sites for hydroxylation is 1. The van der Waals surface area contributed by atoms with Gasteiger partial charge in [0.1, 0.15) is 12.2 Å². The Bertz CT molecular complexity index is 407. The van der Waals surface area contributed by atoms with Gasteiger partial charge in [0, 0.05) is 30.9 Å². The van der Waals surface area contributed by atoms with Crippen LogP contribution in [0.25, 0.3) is 0 Å². The molecule has 0 amide bonds. The summed E-state index contributed by atoms with van der Waals surface area (Å²) in [5.41, 5.74) is 0.861. The Morgan fingerprint density at radius 1 is 1.61 bits per heavy atom. The van der Waals surface area contributed by atoms with Gasteiger partial charge in [-0.3, -0.25) is 9.58 Å². The molecule has 0 radical (unpaired) electrons. The number of aliphatic hydroxyl groups excluding tert-OH is 1. The van der Waals surface area contributed by atoms with E-state index < -0.39 is 6.10 Å². The van der Waals surface area contributed by atoms with Crippen molar-refractivity contribution in [3.63, 3.8) is 0 Å². The normalized spacial score (nSPS) is 30.3. The maximum absolute atomic E-state index is 10.4. The van der Waals surface area contributed by atoms with Crippen molar-refractivity contribution in [1.29, 1.82) is 0 Å². The third kappa shape index (κ3) is 2.18. The van der Waals surface area contributed by atoms with Crippen LogP contribution in [0.3, 0.4) is 0 Å². The number of rotatable bonds is 3. The predicted octanol–water partition coefficient (Wildman–Crippen LogP) is 0.800. The van der Waals surface area contributed by atoms with Crippen molar-refractivity contribution in [2.45, 2.75) is 44.6 Å². The molecular formula is C13H21N3O2. The van der Waals surface area contributed by atoms with E-state index in [4.69, 9.17) is 4.74 Å². The lowest BCUT2D eigenvalue weighted by Gasteiger charge is -2.37. The van der Waals surface area contributed by atoms with E-state index >= 15 is 0 Å². The van der Waals surface area contributed by atoms with Crippen LogP contribution in [0.1, 0.15) is 31.4 Å². The minimum atomic E-state index is -0.563. The monoisotopic (exact) mass is 251 g/mol. The van der Waals surface area contributed by atoms with Gasteiger partial charge in [-0.05, 0) is 26.3 Å². The summed E-state index contributed by atoms with van der Waals surface area (Å²) in [6.07, 6.45) is 5.46. The number of fused-ring (bicyclic) bond motifs is 1. The molecule has 0 aromatic carbocycles. The van der Waals surface area contributed by atoms with Gasteiger partial charge in [-0.1, -0.05) is 0 Å². The van der Waals surface area contributed by atoms with Crippen molar-refractivity contribution in [3.8, 4) is 0 Å². The maximum atomic E-state index is 10.4. The number of hydrogen-bond acceptors (Lipinski definition) is 4. The van der Waals surface area contributed by atoms with Crippen LogP contribution in [-0.2, 0) is 11.3 Å². The highest BCUT2D eigenvalue weighted by molar-refractivity contribution is 5.10. The molecule has 100 valence electrons. The molecular weight excluding hydrogens is 230 g/mol. The zero-order chi connectivity index (χ0) is 12.5. The lowest BCUT2D eigenvalue weighted by Crippen LogP contribution is -2.48. The van der Waals surface area contributed by atoms with E-state index in [-0.39, 0.29) is 6.10 Å². The first-order valence-electron chi connectivity index (χ1n) is 6.84. The summed E-state index contributed by atoms with van der Waals surface area (Å²) in [4.78, 5) is 2.45. The molecule has 0 spiro atoms. The van der Waals surface area contributed by atoms with Crippen molar-refractivity contribution in [2.75, 3.05) is 19.7 Å². The van der Waals surface area contributed by atoms with E-state index in [1.165, 1.54) is 12.8 Å². The quantitative estimate of drug-likeness (QED) is 0.863. The Hall–Kier alpha value is -0.910. The van der Waals surface area contributed by atoms with Gasteiger partial charge in [0.05, 0.1) is 12.8 Å². The lowest BCUT2D eigenvalue weighted by atomic mass is 10.1. The molecule has 5 nitrogen and oxygen atoms in total. The Balaban J connectivity index is 1.67. The number of ether oxygens (including phenoxy) is 1. The number of aromatic nitrogens is 2. The van der Waals surface area contributed by atoms with Gasteiger partial charge in [-0.2, -0.15) is 5.10 Å². The predicted molar refractivity (Wildman–Crippen MR) is 67.2 cm³/mol. The fourth-order valence-electron chi connectivity index (χ4n) is 2.95. The molecule has 2 aliphatic heterocycles.